The second-order valence-electron chi connectivity index (χ2n) is 7.97. The van der Waals surface area contributed by atoms with Gasteiger partial charge in [0.2, 0.25) is 0 Å². The number of aromatic amines is 1. The topological polar surface area (TPSA) is 77.6 Å². The monoisotopic (exact) mass is 419 g/mol. The summed E-state index contributed by atoms with van der Waals surface area (Å²) in [5, 5.41) is 9.89. The molecule has 162 valence electrons. The van der Waals surface area contributed by atoms with Crippen molar-refractivity contribution in [1.29, 1.82) is 0 Å². The van der Waals surface area contributed by atoms with E-state index < -0.39 is 5.91 Å². The zero-order valence-electron chi connectivity index (χ0n) is 17.6. The molecule has 0 radical (unpaired) electrons. The third-order valence-corrected chi connectivity index (χ3v) is 5.95. The number of carbonyl (C=O) groups excluding carboxylic acids is 1. The van der Waals surface area contributed by atoms with Gasteiger partial charge in [-0.25, -0.2) is 5.48 Å². The van der Waals surface area contributed by atoms with E-state index in [4.69, 9.17) is 9.94 Å². The van der Waals surface area contributed by atoms with Crippen molar-refractivity contribution in [3.05, 3.63) is 77.5 Å². The maximum absolute atomic E-state index is 11.2. The zero-order valence-corrected chi connectivity index (χ0v) is 17.6. The Bertz CT molecular complexity index is 1020. The van der Waals surface area contributed by atoms with E-state index in [1.165, 1.54) is 28.1 Å². The van der Waals surface area contributed by atoms with Crippen molar-refractivity contribution in [2.24, 2.45) is 0 Å². The van der Waals surface area contributed by atoms with Gasteiger partial charge < -0.3 is 9.72 Å². The highest BCUT2D eigenvalue weighted by molar-refractivity contribution is 5.90. The number of aromatic nitrogens is 1. The number of carbonyl (C=O) groups is 1. The van der Waals surface area contributed by atoms with E-state index >= 15 is 0 Å². The Labute approximate surface area is 182 Å². The lowest BCUT2D eigenvalue weighted by Crippen LogP contribution is -2.40. The van der Waals surface area contributed by atoms with Gasteiger partial charge in [-0.05, 0) is 48.1 Å². The molecule has 1 saturated heterocycles. The molecule has 0 bridgehead atoms. The van der Waals surface area contributed by atoms with E-state index in [0.717, 1.165) is 51.1 Å². The molecule has 1 aliphatic rings. The quantitative estimate of drug-likeness (QED) is 0.294. The largest absolute Gasteiger partial charge is 0.381 e. The van der Waals surface area contributed by atoms with Crippen LogP contribution in [0.4, 0.5) is 0 Å². The van der Waals surface area contributed by atoms with Gasteiger partial charge in [0.1, 0.15) is 0 Å². The van der Waals surface area contributed by atoms with Gasteiger partial charge in [-0.15, -0.1) is 0 Å². The number of H-pyrrole nitrogens is 1. The predicted octanol–water partition coefficient (Wildman–Crippen LogP) is 3.91. The Morgan fingerprint density at radius 1 is 1.16 bits per heavy atom. The third-order valence-electron chi connectivity index (χ3n) is 5.95. The van der Waals surface area contributed by atoms with E-state index in [1.807, 2.05) is 12.1 Å². The molecule has 3 aromatic rings. The summed E-state index contributed by atoms with van der Waals surface area (Å²) in [5.41, 5.74) is 6.31. The summed E-state index contributed by atoms with van der Waals surface area (Å²) in [5.74, 6) is -0.535. The Morgan fingerprint density at radius 2 is 1.94 bits per heavy atom. The van der Waals surface area contributed by atoms with Crippen LogP contribution in [0.2, 0.25) is 0 Å². The molecule has 4 rings (SSSR count). The van der Waals surface area contributed by atoms with Crippen molar-refractivity contribution < 1.29 is 14.7 Å². The molecule has 0 aliphatic carbocycles. The summed E-state index contributed by atoms with van der Waals surface area (Å²) in [6.07, 6.45) is 8.25. The molecule has 1 aromatic heterocycles. The minimum absolute atomic E-state index is 0.520. The number of benzene rings is 2. The smallest absolute Gasteiger partial charge is 0.267 e. The molecule has 0 spiro atoms. The van der Waals surface area contributed by atoms with Crippen LogP contribution in [0.25, 0.3) is 17.0 Å². The average Bonchev–Trinajstić information content (AvgIpc) is 3.24. The molecule has 0 unspecified atom stereocenters. The van der Waals surface area contributed by atoms with Crippen molar-refractivity contribution >= 4 is 22.9 Å². The lowest BCUT2D eigenvalue weighted by atomic mass is 10.0. The van der Waals surface area contributed by atoms with Gasteiger partial charge in [-0.2, -0.15) is 0 Å². The molecule has 0 atom stereocenters. The van der Waals surface area contributed by atoms with Gasteiger partial charge in [0.05, 0.1) is 0 Å². The summed E-state index contributed by atoms with van der Waals surface area (Å²) in [4.78, 5) is 17.1. The van der Waals surface area contributed by atoms with Gasteiger partial charge in [-0.1, -0.05) is 42.5 Å². The Hall–Kier alpha value is -2.93. The first kappa shape index (κ1) is 21.3. The van der Waals surface area contributed by atoms with Gasteiger partial charge in [0, 0.05) is 55.5 Å². The number of nitrogens with zero attached hydrogens (tertiary/aromatic N) is 1. The SMILES string of the molecule is O=C(/C=C/c1ccc(CN(CCc2c[nH]c3ccccc23)C2CCOCC2)cc1)NO. The molecule has 2 heterocycles. The van der Waals surface area contributed by atoms with E-state index in [9.17, 15) is 4.79 Å². The first-order valence-electron chi connectivity index (χ1n) is 10.8. The molecule has 2 aromatic carbocycles. The number of hydroxylamine groups is 1. The summed E-state index contributed by atoms with van der Waals surface area (Å²) in [6, 6.07) is 17.2. The number of rotatable bonds is 8. The summed E-state index contributed by atoms with van der Waals surface area (Å²) >= 11 is 0. The highest BCUT2D eigenvalue weighted by Gasteiger charge is 2.22. The highest BCUT2D eigenvalue weighted by Crippen LogP contribution is 2.22. The van der Waals surface area contributed by atoms with Crippen molar-refractivity contribution in [3.8, 4) is 0 Å². The summed E-state index contributed by atoms with van der Waals surface area (Å²) in [7, 11) is 0. The molecule has 1 aliphatic heterocycles. The average molecular weight is 420 g/mol. The van der Waals surface area contributed by atoms with Gasteiger partial charge in [-0.3, -0.25) is 14.9 Å². The lowest BCUT2D eigenvalue weighted by molar-refractivity contribution is -0.124. The van der Waals surface area contributed by atoms with E-state index in [1.54, 1.807) is 11.6 Å². The second kappa shape index (κ2) is 10.4. The van der Waals surface area contributed by atoms with Gasteiger partial charge in [0.15, 0.2) is 0 Å². The number of hydrogen-bond donors (Lipinski definition) is 3. The van der Waals surface area contributed by atoms with E-state index in [0.29, 0.717) is 6.04 Å². The Morgan fingerprint density at radius 3 is 2.71 bits per heavy atom. The number of amides is 1. The lowest BCUT2D eigenvalue weighted by Gasteiger charge is -2.34. The van der Waals surface area contributed by atoms with Crippen LogP contribution in [0, 0.1) is 0 Å². The van der Waals surface area contributed by atoms with Crippen LogP contribution in [0.1, 0.15) is 29.5 Å². The molecule has 0 saturated carbocycles. The number of para-hydroxylation sites is 1. The molecular formula is C25H29N3O3. The van der Waals surface area contributed by atoms with Crippen LogP contribution in [-0.4, -0.2) is 46.8 Å². The van der Waals surface area contributed by atoms with E-state index in [-0.39, 0.29) is 0 Å². The van der Waals surface area contributed by atoms with Crippen molar-refractivity contribution in [2.75, 3.05) is 19.8 Å². The van der Waals surface area contributed by atoms with Crippen molar-refractivity contribution in [3.63, 3.8) is 0 Å². The number of hydrogen-bond acceptors (Lipinski definition) is 4. The minimum atomic E-state index is -0.535. The maximum atomic E-state index is 11.2. The third kappa shape index (κ3) is 5.61. The van der Waals surface area contributed by atoms with Crippen molar-refractivity contribution in [1.82, 2.24) is 15.4 Å². The van der Waals surface area contributed by atoms with Crippen LogP contribution < -0.4 is 5.48 Å². The molecule has 3 N–H and O–H groups in total. The molecule has 6 heteroatoms. The fraction of sp³-hybridized carbons (Fsp3) is 0.320. The summed E-state index contributed by atoms with van der Waals surface area (Å²) < 4.78 is 5.59. The molecular weight excluding hydrogens is 390 g/mol. The first-order valence-corrected chi connectivity index (χ1v) is 10.8. The van der Waals surface area contributed by atoms with Crippen LogP contribution in [0.15, 0.2) is 60.8 Å². The van der Waals surface area contributed by atoms with Crippen LogP contribution in [0.3, 0.4) is 0 Å². The predicted molar refractivity (Wildman–Crippen MR) is 122 cm³/mol. The van der Waals surface area contributed by atoms with Gasteiger partial charge >= 0.3 is 0 Å². The highest BCUT2D eigenvalue weighted by atomic mass is 16.5. The second-order valence-corrected chi connectivity index (χ2v) is 7.97. The molecule has 6 nitrogen and oxygen atoms in total. The Kier molecular flexibility index (Phi) is 7.14. The maximum Gasteiger partial charge on any atom is 0.267 e. The molecule has 31 heavy (non-hydrogen) atoms. The van der Waals surface area contributed by atoms with Crippen LogP contribution in [0.5, 0.6) is 0 Å². The fourth-order valence-electron chi connectivity index (χ4n) is 4.22. The number of ether oxygens (including phenoxy) is 1. The minimum Gasteiger partial charge on any atom is -0.381 e. The first-order chi connectivity index (χ1) is 15.2. The number of nitrogens with one attached hydrogen (secondary N) is 2. The normalized spacial score (nSPS) is 15.2. The fourth-order valence-corrected chi connectivity index (χ4v) is 4.22. The zero-order chi connectivity index (χ0) is 21.5. The van der Waals surface area contributed by atoms with Gasteiger partial charge in [0.25, 0.3) is 5.91 Å². The standard InChI is InChI=1S/C25H29N3O3/c29-25(27-30)10-9-19-5-7-20(8-6-19)18-28(22-12-15-31-16-13-22)14-11-21-17-26-24-4-2-1-3-23(21)24/h1-10,17,22,26,30H,11-16,18H2,(H,27,29)/b10-9+. The Balaban J connectivity index is 1.45. The van der Waals surface area contributed by atoms with Crippen LogP contribution >= 0.6 is 0 Å². The van der Waals surface area contributed by atoms with Crippen LogP contribution in [-0.2, 0) is 22.5 Å². The van der Waals surface area contributed by atoms with Crippen molar-refractivity contribution in [2.45, 2.75) is 31.8 Å². The molecule has 1 fully saturated rings. The number of fused-ring (bicyclic) bond motifs is 1. The summed E-state index contributed by atoms with van der Waals surface area (Å²) in [6.45, 7) is 3.52. The van der Waals surface area contributed by atoms with E-state index in [2.05, 4.69) is 52.5 Å². The molecule has 1 amide bonds.